The third kappa shape index (κ3) is 2.57. The van der Waals surface area contributed by atoms with Crippen LogP contribution in [0.3, 0.4) is 0 Å². The molecule has 128 valence electrons. The predicted molar refractivity (Wildman–Crippen MR) is 109 cm³/mol. The Balaban J connectivity index is 1.69. The van der Waals surface area contributed by atoms with E-state index in [1.54, 1.807) is 24.2 Å². The Labute approximate surface area is 164 Å². The van der Waals surface area contributed by atoms with Gasteiger partial charge in [-0.05, 0) is 34.8 Å². The molecule has 2 nitrogen and oxygen atoms in total. The lowest BCUT2D eigenvalue weighted by molar-refractivity contribution is 0.654. The van der Waals surface area contributed by atoms with Crippen LogP contribution in [-0.2, 0) is 0 Å². The number of allylic oxidation sites excluding steroid dienone is 8. The first-order chi connectivity index (χ1) is 12.7. The van der Waals surface area contributed by atoms with Crippen LogP contribution in [0.25, 0.3) is 0 Å². The fourth-order valence-corrected chi connectivity index (χ4v) is 5.85. The van der Waals surface area contributed by atoms with Crippen LogP contribution in [-0.4, -0.2) is 16.6 Å². The van der Waals surface area contributed by atoms with E-state index in [1.165, 1.54) is 23.4 Å². The third-order valence-electron chi connectivity index (χ3n) is 4.59. The molecule has 0 saturated carbocycles. The lowest BCUT2D eigenvalue weighted by Crippen LogP contribution is -2.09. The largest absolute Gasteiger partial charge is 0.273 e. The molecule has 0 radical (unpaired) electrons. The number of aromatic nitrogens is 1. The van der Waals surface area contributed by atoms with Gasteiger partial charge in [0.25, 0.3) is 0 Å². The van der Waals surface area contributed by atoms with Gasteiger partial charge in [0.1, 0.15) is 10.9 Å². The van der Waals surface area contributed by atoms with E-state index in [9.17, 15) is 4.39 Å². The average Bonchev–Trinajstić information content (AvgIpc) is 3.03. The van der Waals surface area contributed by atoms with Gasteiger partial charge in [-0.25, -0.2) is 4.39 Å². The van der Waals surface area contributed by atoms with Crippen molar-refractivity contribution < 1.29 is 4.39 Å². The summed E-state index contributed by atoms with van der Waals surface area (Å²) in [5.74, 6) is -0.285. The first-order valence-corrected chi connectivity index (χ1v) is 10.2. The average molecular weight is 399 g/mol. The van der Waals surface area contributed by atoms with Gasteiger partial charge >= 0.3 is 0 Å². The fourth-order valence-electron chi connectivity index (χ4n) is 3.39. The van der Waals surface area contributed by atoms with Crippen LogP contribution in [0.5, 0.6) is 0 Å². The smallest absolute Gasteiger partial charge is 0.130 e. The van der Waals surface area contributed by atoms with E-state index in [0.717, 1.165) is 38.0 Å². The molecule has 2 aliphatic carbocycles. The molecule has 3 heterocycles. The second kappa shape index (κ2) is 6.41. The summed E-state index contributed by atoms with van der Waals surface area (Å²) in [5.41, 5.74) is 4.96. The number of nitrogens with zero attached hydrogens (tertiary/aromatic N) is 2. The molecule has 0 spiro atoms. The third-order valence-corrected chi connectivity index (χ3v) is 7.13. The van der Waals surface area contributed by atoms with Gasteiger partial charge in [-0.2, -0.15) is 0 Å². The number of pyridine rings is 1. The molecule has 6 heteroatoms. The van der Waals surface area contributed by atoms with Crippen molar-refractivity contribution in [3.63, 3.8) is 0 Å². The Morgan fingerprint density at radius 2 is 1.96 bits per heavy atom. The summed E-state index contributed by atoms with van der Waals surface area (Å²) in [6.07, 6.45) is 9.89. The molecule has 0 atom stereocenters. The molecule has 26 heavy (non-hydrogen) atoms. The molecule has 0 amide bonds. The Kier molecular flexibility index (Phi) is 4.03. The van der Waals surface area contributed by atoms with Crippen LogP contribution in [0.2, 0.25) is 0 Å². The number of thioether (sulfide) groups is 2. The molecule has 1 aromatic rings. The quantitative estimate of drug-likeness (QED) is 0.577. The van der Waals surface area contributed by atoms with Crippen molar-refractivity contribution in [3.8, 4) is 0 Å². The number of fused-ring (bicyclic) bond motifs is 3. The zero-order valence-electron chi connectivity index (χ0n) is 13.5. The summed E-state index contributed by atoms with van der Waals surface area (Å²) in [4.78, 5) is 10.8. The molecule has 0 aromatic carbocycles. The van der Waals surface area contributed by atoms with Crippen molar-refractivity contribution in [1.82, 2.24) is 4.98 Å². The van der Waals surface area contributed by atoms with Gasteiger partial charge in [0, 0.05) is 45.3 Å². The van der Waals surface area contributed by atoms with Gasteiger partial charge in [0.2, 0.25) is 0 Å². The van der Waals surface area contributed by atoms with E-state index in [-0.39, 0.29) is 5.83 Å². The fraction of sp³-hybridized carbons (Fsp3) is 0.100. The summed E-state index contributed by atoms with van der Waals surface area (Å²) in [6.45, 7) is 0.322. The monoisotopic (exact) mass is 398 g/mol. The van der Waals surface area contributed by atoms with E-state index in [2.05, 4.69) is 16.1 Å². The van der Waals surface area contributed by atoms with Crippen LogP contribution >= 0.6 is 35.1 Å². The maximum absolute atomic E-state index is 14.8. The molecule has 0 N–H and O–H groups in total. The summed E-state index contributed by atoms with van der Waals surface area (Å²) in [5, 5.41) is 3.40. The van der Waals surface area contributed by atoms with Crippen LogP contribution in [0.1, 0.15) is 12.0 Å². The first-order valence-electron chi connectivity index (χ1n) is 8.12. The van der Waals surface area contributed by atoms with Gasteiger partial charge in [0.15, 0.2) is 0 Å². The van der Waals surface area contributed by atoms with Gasteiger partial charge in [-0.1, -0.05) is 47.3 Å². The van der Waals surface area contributed by atoms with E-state index in [0.29, 0.717) is 17.2 Å². The molecule has 2 aliphatic heterocycles. The number of hydrogen-bond donors (Lipinski definition) is 0. The Morgan fingerprint density at radius 3 is 2.81 bits per heavy atom. The molecule has 0 bridgehead atoms. The summed E-state index contributed by atoms with van der Waals surface area (Å²) >= 11 is 9.71. The van der Waals surface area contributed by atoms with Crippen LogP contribution < -0.4 is 0 Å². The number of hydrogen-bond acceptors (Lipinski definition) is 4. The van der Waals surface area contributed by atoms with E-state index >= 15 is 0 Å². The highest BCUT2D eigenvalue weighted by Gasteiger charge is 2.35. The number of aliphatic imine (C=N–C) groups is 1. The second-order valence-electron chi connectivity index (χ2n) is 6.10. The topological polar surface area (TPSA) is 25.2 Å². The molecule has 5 rings (SSSR count). The SMILES string of the molecule is FC1=C2CN=C(c3ccncc3)SC2=C2CC3=CC=CSC3=C2C(Cl)=C1. The molecular weight excluding hydrogens is 387 g/mol. The van der Waals surface area contributed by atoms with Gasteiger partial charge < -0.3 is 0 Å². The maximum atomic E-state index is 14.8. The summed E-state index contributed by atoms with van der Waals surface area (Å²) in [7, 11) is 0. The number of rotatable bonds is 1. The van der Waals surface area contributed by atoms with Crippen LogP contribution in [0, 0.1) is 0 Å². The number of halogens is 2. The van der Waals surface area contributed by atoms with E-state index in [4.69, 9.17) is 11.6 Å². The first kappa shape index (κ1) is 16.4. The summed E-state index contributed by atoms with van der Waals surface area (Å²) < 4.78 is 14.8. The minimum atomic E-state index is -0.285. The Hall–Kier alpha value is -1.82. The van der Waals surface area contributed by atoms with Crippen LogP contribution in [0.4, 0.5) is 4.39 Å². The Bertz CT molecular complexity index is 1040. The van der Waals surface area contributed by atoms with E-state index < -0.39 is 0 Å². The van der Waals surface area contributed by atoms with Gasteiger partial charge in [-0.3, -0.25) is 9.98 Å². The highest BCUT2D eigenvalue weighted by molar-refractivity contribution is 8.18. The minimum absolute atomic E-state index is 0.285. The molecule has 4 aliphatic rings. The van der Waals surface area contributed by atoms with Crippen molar-refractivity contribution in [1.29, 1.82) is 0 Å². The normalized spacial score (nSPS) is 21.7. The highest BCUT2D eigenvalue weighted by atomic mass is 35.5. The van der Waals surface area contributed by atoms with Crippen molar-refractivity contribution in [3.05, 3.63) is 96.7 Å². The molecule has 0 fully saturated rings. The minimum Gasteiger partial charge on any atom is -0.273 e. The zero-order chi connectivity index (χ0) is 17.7. The van der Waals surface area contributed by atoms with Gasteiger partial charge in [-0.15, -0.1) is 0 Å². The lowest BCUT2D eigenvalue weighted by Gasteiger charge is -2.20. The van der Waals surface area contributed by atoms with Crippen molar-refractivity contribution in [2.75, 3.05) is 6.54 Å². The van der Waals surface area contributed by atoms with Crippen LogP contribution in [0.15, 0.2) is 96.1 Å². The molecule has 0 saturated heterocycles. The van der Waals surface area contributed by atoms with Gasteiger partial charge in [0.05, 0.1) is 11.6 Å². The maximum Gasteiger partial charge on any atom is 0.130 e. The molecule has 1 aromatic heterocycles. The predicted octanol–water partition coefficient (Wildman–Crippen LogP) is 6.03. The zero-order valence-corrected chi connectivity index (χ0v) is 15.9. The standard InChI is InChI=1S/C20H12ClFN2S2/c21-15-9-16(22)14-10-24-20(11-3-5-23-6-4-11)26-19(14)13-8-12-2-1-7-25-18(12)17(13)15/h1-7,9H,8,10H2. The van der Waals surface area contributed by atoms with Crippen molar-refractivity contribution in [2.24, 2.45) is 4.99 Å². The molecule has 0 unspecified atom stereocenters. The summed E-state index contributed by atoms with van der Waals surface area (Å²) in [6, 6.07) is 3.86. The molecular formula is C20H12ClFN2S2. The highest BCUT2D eigenvalue weighted by Crippen LogP contribution is 2.54. The van der Waals surface area contributed by atoms with E-state index in [1.807, 2.05) is 23.6 Å². The van der Waals surface area contributed by atoms with Crippen molar-refractivity contribution >= 4 is 40.2 Å². The second-order valence-corrected chi connectivity index (χ2v) is 8.43. The lowest BCUT2D eigenvalue weighted by atomic mass is 10.1. The Morgan fingerprint density at radius 1 is 1.12 bits per heavy atom. The van der Waals surface area contributed by atoms with Crippen molar-refractivity contribution in [2.45, 2.75) is 6.42 Å².